The van der Waals surface area contributed by atoms with Gasteiger partial charge in [-0.1, -0.05) is 30.3 Å². The van der Waals surface area contributed by atoms with E-state index in [1.807, 2.05) is 30.3 Å². The van der Waals surface area contributed by atoms with Crippen molar-refractivity contribution in [3.8, 4) is 17.2 Å². The summed E-state index contributed by atoms with van der Waals surface area (Å²) in [5, 5.41) is 0. The van der Waals surface area contributed by atoms with Crippen LogP contribution in [0.4, 0.5) is 0 Å². The van der Waals surface area contributed by atoms with E-state index in [0.29, 0.717) is 35.7 Å². The Morgan fingerprint density at radius 2 is 1.68 bits per heavy atom. The van der Waals surface area contributed by atoms with E-state index < -0.39 is 24.1 Å². The Morgan fingerprint density at radius 1 is 1.03 bits per heavy atom. The molecule has 7 nitrogen and oxygen atoms in total. The molecule has 2 aromatic carbocycles. The standard InChI is InChI=1S/C24H28O7/c1-15-18(30-22(25)11-10-16-8-6-5-7-9-16)14-19(31-24(15)26)17-12-20(27-2)23(29-4)21(13-17)28-3/h5-9,12-13,15,18-19H,10-11,14H2,1-4H3/t15-,18+,19+/m0/s1. The van der Waals surface area contributed by atoms with Crippen LogP contribution in [0.15, 0.2) is 42.5 Å². The van der Waals surface area contributed by atoms with Crippen LogP contribution in [0.2, 0.25) is 0 Å². The third-order valence-electron chi connectivity index (χ3n) is 5.44. The van der Waals surface area contributed by atoms with Crippen LogP contribution in [0.5, 0.6) is 17.2 Å². The van der Waals surface area contributed by atoms with Gasteiger partial charge >= 0.3 is 11.9 Å². The minimum atomic E-state index is -0.593. The number of rotatable bonds is 8. The van der Waals surface area contributed by atoms with Gasteiger partial charge in [0.25, 0.3) is 0 Å². The van der Waals surface area contributed by atoms with Crippen molar-refractivity contribution in [3.05, 3.63) is 53.6 Å². The molecular weight excluding hydrogens is 400 g/mol. The molecule has 166 valence electrons. The lowest BCUT2D eigenvalue weighted by Crippen LogP contribution is -2.39. The largest absolute Gasteiger partial charge is 0.493 e. The summed E-state index contributed by atoms with van der Waals surface area (Å²) in [4.78, 5) is 24.9. The fraction of sp³-hybridized carbons (Fsp3) is 0.417. The van der Waals surface area contributed by atoms with Gasteiger partial charge in [-0.2, -0.15) is 0 Å². The number of methoxy groups -OCH3 is 3. The van der Waals surface area contributed by atoms with E-state index in [2.05, 4.69) is 0 Å². The second kappa shape index (κ2) is 10.2. The van der Waals surface area contributed by atoms with Crippen LogP contribution in [0, 0.1) is 5.92 Å². The fourth-order valence-corrected chi connectivity index (χ4v) is 3.62. The van der Waals surface area contributed by atoms with Crippen LogP contribution >= 0.6 is 0 Å². The lowest BCUT2D eigenvalue weighted by molar-refractivity contribution is -0.178. The van der Waals surface area contributed by atoms with Crippen molar-refractivity contribution < 1.29 is 33.3 Å². The average Bonchev–Trinajstić information content (AvgIpc) is 2.80. The van der Waals surface area contributed by atoms with E-state index in [4.69, 9.17) is 23.7 Å². The molecule has 0 radical (unpaired) electrons. The van der Waals surface area contributed by atoms with Crippen LogP contribution in [-0.4, -0.2) is 39.4 Å². The molecule has 0 unspecified atom stereocenters. The molecule has 7 heteroatoms. The predicted molar refractivity (Wildman–Crippen MR) is 113 cm³/mol. The summed E-state index contributed by atoms with van der Waals surface area (Å²) in [7, 11) is 4.56. The Bertz CT molecular complexity index is 884. The molecule has 1 fully saturated rings. The smallest absolute Gasteiger partial charge is 0.313 e. The summed E-state index contributed by atoms with van der Waals surface area (Å²) < 4.78 is 27.4. The van der Waals surface area contributed by atoms with E-state index in [-0.39, 0.29) is 12.4 Å². The summed E-state index contributed by atoms with van der Waals surface area (Å²) in [6, 6.07) is 13.2. The molecule has 0 amide bonds. The van der Waals surface area contributed by atoms with Gasteiger partial charge in [-0.25, -0.2) is 0 Å². The normalized spacial score (nSPS) is 20.5. The van der Waals surface area contributed by atoms with Crippen LogP contribution in [-0.2, 0) is 25.5 Å². The Hall–Kier alpha value is -3.22. The molecule has 1 aliphatic heterocycles. The number of cyclic esters (lactones) is 1. The number of aryl methyl sites for hydroxylation is 1. The van der Waals surface area contributed by atoms with Crippen LogP contribution in [0.1, 0.15) is 37.0 Å². The first-order chi connectivity index (χ1) is 15.0. The molecule has 1 heterocycles. The first kappa shape index (κ1) is 22.5. The Labute approximate surface area is 182 Å². The van der Waals surface area contributed by atoms with Crippen molar-refractivity contribution in [2.24, 2.45) is 5.92 Å². The second-order valence-corrected chi connectivity index (χ2v) is 7.42. The highest BCUT2D eigenvalue weighted by molar-refractivity contribution is 5.76. The molecule has 0 aromatic heterocycles. The van der Waals surface area contributed by atoms with Gasteiger partial charge in [0.1, 0.15) is 12.2 Å². The van der Waals surface area contributed by atoms with Gasteiger partial charge in [-0.15, -0.1) is 0 Å². The van der Waals surface area contributed by atoms with Crippen molar-refractivity contribution in [2.75, 3.05) is 21.3 Å². The number of ether oxygens (including phenoxy) is 5. The van der Waals surface area contributed by atoms with E-state index >= 15 is 0 Å². The van der Waals surface area contributed by atoms with Gasteiger partial charge in [0.15, 0.2) is 11.5 Å². The van der Waals surface area contributed by atoms with E-state index in [9.17, 15) is 9.59 Å². The molecule has 0 bridgehead atoms. The molecule has 1 saturated heterocycles. The number of esters is 2. The van der Waals surface area contributed by atoms with Gasteiger partial charge in [-0.05, 0) is 31.0 Å². The van der Waals surface area contributed by atoms with Crippen molar-refractivity contribution in [1.29, 1.82) is 0 Å². The SMILES string of the molecule is COc1cc([C@H]2C[C@@H](OC(=O)CCc3ccccc3)[C@H](C)C(=O)O2)cc(OC)c1OC. The lowest BCUT2D eigenvalue weighted by atomic mass is 9.92. The van der Waals surface area contributed by atoms with E-state index in [1.54, 1.807) is 19.1 Å². The number of benzene rings is 2. The van der Waals surface area contributed by atoms with Gasteiger partial charge in [0.2, 0.25) is 5.75 Å². The highest BCUT2D eigenvalue weighted by Crippen LogP contribution is 2.43. The number of hydrogen-bond acceptors (Lipinski definition) is 7. The summed E-state index contributed by atoms with van der Waals surface area (Å²) in [6.45, 7) is 1.71. The second-order valence-electron chi connectivity index (χ2n) is 7.42. The summed E-state index contributed by atoms with van der Waals surface area (Å²) >= 11 is 0. The van der Waals surface area contributed by atoms with Gasteiger partial charge in [0, 0.05) is 18.4 Å². The van der Waals surface area contributed by atoms with E-state index in [0.717, 1.165) is 5.56 Å². The molecule has 0 N–H and O–H groups in total. The molecule has 0 aliphatic carbocycles. The van der Waals surface area contributed by atoms with Crippen molar-refractivity contribution in [1.82, 2.24) is 0 Å². The maximum absolute atomic E-state index is 12.5. The topological polar surface area (TPSA) is 80.3 Å². The number of hydrogen-bond donors (Lipinski definition) is 0. The predicted octanol–water partition coefficient (Wildman–Crippen LogP) is 3.88. The molecule has 3 atom stereocenters. The zero-order chi connectivity index (χ0) is 22.4. The monoisotopic (exact) mass is 428 g/mol. The van der Waals surface area contributed by atoms with Crippen molar-refractivity contribution in [3.63, 3.8) is 0 Å². The minimum Gasteiger partial charge on any atom is -0.493 e. The van der Waals surface area contributed by atoms with Crippen molar-refractivity contribution in [2.45, 2.75) is 38.4 Å². The summed E-state index contributed by atoms with van der Waals surface area (Å²) in [5.74, 6) is 0.0860. The Morgan fingerprint density at radius 3 is 2.26 bits per heavy atom. The molecular formula is C24H28O7. The van der Waals surface area contributed by atoms with Crippen LogP contribution < -0.4 is 14.2 Å². The minimum absolute atomic E-state index is 0.247. The first-order valence-corrected chi connectivity index (χ1v) is 10.2. The number of carbonyl (C=O) groups excluding carboxylic acids is 2. The molecule has 0 saturated carbocycles. The maximum Gasteiger partial charge on any atom is 0.313 e. The average molecular weight is 428 g/mol. The van der Waals surface area contributed by atoms with Gasteiger partial charge < -0.3 is 23.7 Å². The molecule has 31 heavy (non-hydrogen) atoms. The highest BCUT2D eigenvalue weighted by atomic mass is 16.6. The van der Waals surface area contributed by atoms with Gasteiger partial charge in [0.05, 0.1) is 27.2 Å². The highest BCUT2D eigenvalue weighted by Gasteiger charge is 2.39. The molecule has 2 aromatic rings. The van der Waals surface area contributed by atoms with E-state index in [1.165, 1.54) is 21.3 Å². The molecule has 1 aliphatic rings. The summed E-state index contributed by atoms with van der Waals surface area (Å²) in [5.41, 5.74) is 1.74. The third kappa shape index (κ3) is 5.29. The quantitative estimate of drug-likeness (QED) is 0.590. The first-order valence-electron chi connectivity index (χ1n) is 10.2. The molecule has 0 spiro atoms. The number of carbonyl (C=O) groups is 2. The molecule has 3 rings (SSSR count). The summed E-state index contributed by atoms with van der Waals surface area (Å²) in [6.07, 6.45) is 0.0133. The van der Waals surface area contributed by atoms with Crippen LogP contribution in [0.25, 0.3) is 0 Å². The Kier molecular flexibility index (Phi) is 7.39. The lowest BCUT2D eigenvalue weighted by Gasteiger charge is -2.33. The zero-order valence-corrected chi connectivity index (χ0v) is 18.3. The Balaban J connectivity index is 1.73. The zero-order valence-electron chi connectivity index (χ0n) is 18.3. The van der Waals surface area contributed by atoms with Gasteiger partial charge in [-0.3, -0.25) is 9.59 Å². The van der Waals surface area contributed by atoms with Crippen LogP contribution in [0.3, 0.4) is 0 Å². The fourth-order valence-electron chi connectivity index (χ4n) is 3.62. The van der Waals surface area contributed by atoms with Crippen molar-refractivity contribution >= 4 is 11.9 Å². The maximum atomic E-state index is 12.5. The third-order valence-corrected chi connectivity index (χ3v) is 5.44.